The minimum Gasteiger partial charge on any atom is -0.416 e. The quantitative estimate of drug-likeness (QED) is 0.810. The largest absolute Gasteiger partial charge is 0.416 e. The van der Waals surface area contributed by atoms with Gasteiger partial charge in [-0.15, -0.1) is 10.2 Å². The molecule has 6 heteroatoms. The Balaban J connectivity index is 1.53. The summed E-state index contributed by atoms with van der Waals surface area (Å²) in [6.45, 7) is 4.04. The molecular formula is C18H23N3O2S. The third-order valence-electron chi connectivity index (χ3n) is 4.58. The van der Waals surface area contributed by atoms with E-state index in [1.54, 1.807) is 0 Å². The molecule has 1 aliphatic carbocycles. The van der Waals surface area contributed by atoms with Gasteiger partial charge in [-0.2, -0.15) is 0 Å². The van der Waals surface area contributed by atoms with E-state index >= 15 is 0 Å². The van der Waals surface area contributed by atoms with Crippen molar-refractivity contribution in [2.75, 3.05) is 11.1 Å². The topological polar surface area (TPSA) is 68.0 Å². The molecule has 1 heterocycles. The van der Waals surface area contributed by atoms with Gasteiger partial charge in [0.2, 0.25) is 11.8 Å². The maximum atomic E-state index is 12.1. The lowest BCUT2D eigenvalue weighted by atomic mass is 9.89. The van der Waals surface area contributed by atoms with Crippen LogP contribution in [0, 0.1) is 13.8 Å². The highest BCUT2D eigenvalue weighted by Gasteiger charge is 2.21. The molecule has 0 saturated heterocycles. The van der Waals surface area contributed by atoms with Crippen LogP contribution in [0.4, 0.5) is 5.69 Å². The summed E-state index contributed by atoms with van der Waals surface area (Å²) in [4.78, 5) is 12.1. The lowest BCUT2D eigenvalue weighted by molar-refractivity contribution is -0.113. The fourth-order valence-electron chi connectivity index (χ4n) is 2.99. The summed E-state index contributed by atoms with van der Waals surface area (Å²) >= 11 is 1.29. The lowest BCUT2D eigenvalue weighted by Crippen LogP contribution is -2.15. The summed E-state index contributed by atoms with van der Waals surface area (Å²) in [5, 5.41) is 11.6. The molecule has 0 radical (unpaired) electrons. The van der Waals surface area contributed by atoms with Crippen LogP contribution in [0.25, 0.3) is 0 Å². The second-order valence-electron chi connectivity index (χ2n) is 6.33. The standard InChI is InChI=1S/C18H23N3O2S/c1-12-7-6-10-15(13(12)2)19-16(22)11-24-18-21-20-17(23-18)14-8-4-3-5-9-14/h6-7,10,14H,3-5,8-9,11H2,1-2H3,(H,19,22). The maximum Gasteiger partial charge on any atom is 0.277 e. The molecule has 2 aromatic rings. The number of thioether (sulfide) groups is 1. The average Bonchev–Trinajstić information content (AvgIpc) is 3.07. The molecule has 0 unspecified atom stereocenters. The molecule has 128 valence electrons. The number of nitrogens with zero attached hydrogens (tertiary/aromatic N) is 2. The number of aromatic nitrogens is 2. The predicted octanol–water partition coefficient (Wildman–Crippen LogP) is 4.46. The van der Waals surface area contributed by atoms with Crippen molar-refractivity contribution in [2.24, 2.45) is 0 Å². The van der Waals surface area contributed by atoms with Crippen molar-refractivity contribution in [3.8, 4) is 0 Å². The number of amides is 1. The number of carbonyl (C=O) groups is 1. The summed E-state index contributed by atoms with van der Waals surface area (Å²) in [6.07, 6.45) is 6.01. The highest BCUT2D eigenvalue weighted by Crippen LogP contribution is 2.32. The highest BCUT2D eigenvalue weighted by atomic mass is 32.2. The predicted molar refractivity (Wildman–Crippen MR) is 95.4 cm³/mol. The van der Waals surface area contributed by atoms with Crippen LogP contribution in [0.5, 0.6) is 0 Å². The van der Waals surface area contributed by atoms with E-state index in [2.05, 4.69) is 15.5 Å². The van der Waals surface area contributed by atoms with Gasteiger partial charge in [-0.1, -0.05) is 43.2 Å². The first-order valence-electron chi connectivity index (χ1n) is 8.46. The van der Waals surface area contributed by atoms with Gasteiger partial charge < -0.3 is 9.73 Å². The molecule has 3 rings (SSSR count). The minimum absolute atomic E-state index is 0.0638. The first kappa shape index (κ1) is 17.0. The highest BCUT2D eigenvalue weighted by molar-refractivity contribution is 7.99. The van der Waals surface area contributed by atoms with Gasteiger partial charge in [0.25, 0.3) is 5.22 Å². The lowest BCUT2D eigenvalue weighted by Gasteiger charge is -2.17. The van der Waals surface area contributed by atoms with Crippen LogP contribution in [-0.2, 0) is 4.79 Å². The zero-order valence-corrected chi connectivity index (χ0v) is 15.0. The molecule has 0 aliphatic heterocycles. The fraction of sp³-hybridized carbons (Fsp3) is 0.500. The van der Waals surface area contributed by atoms with Crippen LogP contribution in [0.15, 0.2) is 27.8 Å². The van der Waals surface area contributed by atoms with Crippen LogP contribution >= 0.6 is 11.8 Å². The van der Waals surface area contributed by atoms with E-state index in [1.807, 2.05) is 32.0 Å². The van der Waals surface area contributed by atoms with E-state index in [0.717, 1.165) is 35.5 Å². The van der Waals surface area contributed by atoms with Crippen molar-refractivity contribution < 1.29 is 9.21 Å². The molecule has 1 aliphatic rings. The number of carbonyl (C=O) groups excluding carboxylic acids is 1. The van der Waals surface area contributed by atoms with Crippen molar-refractivity contribution in [1.82, 2.24) is 10.2 Å². The molecule has 1 saturated carbocycles. The second-order valence-corrected chi connectivity index (χ2v) is 7.25. The molecular weight excluding hydrogens is 322 g/mol. The Kier molecular flexibility index (Phi) is 5.56. The molecule has 5 nitrogen and oxygen atoms in total. The molecule has 24 heavy (non-hydrogen) atoms. The third-order valence-corrected chi connectivity index (χ3v) is 5.40. The first-order valence-corrected chi connectivity index (χ1v) is 9.44. The molecule has 0 bridgehead atoms. The van der Waals surface area contributed by atoms with Crippen molar-refractivity contribution in [3.63, 3.8) is 0 Å². The van der Waals surface area contributed by atoms with Crippen LogP contribution in [-0.4, -0.2) is 21.9 Å². The van der Waals surface area contributed by atoms with Gasteiger partial charge >= 0.3 is 0 Å². The Morgan fingerprint density at radius 1 is 1.25 bits per heavy atom. The number of benzene rings is 1. The second kappa shape index (κ2) is 7.83. The fourth-order valence-corrected chi connectivity index (χ4v) is 3.56. The normalized spacial score (nSPS) is 15.4. The summed E-state index contributed by atoms with van der Waals surface area (Å²) in [6, 6.07) is 5.89. The Bertz CT molecular complexity index is 708. The van der Waals surface area contributed by atoms with E-state index in [-0.39, 0.29) is 11.7 Å². The van der Waals surface area contributed by atoms with Gasteiger partial charge in [-0.3, -0.25) is 4.79 Å². The first-order chi connectivity index (χ1) is 11.6. The van der Waals surface area contributed by atoms with Gasteiger partial charge in [0.1, 0.15) is 0 Å². The SMILES string of the molecule is Cc1cccc(NC(=O)CSc2nnc(C3CCCCC3)o2)c1C. The molecule has 1 N–H and O–H groups in total. The minimum atomic E-state index is -0.0638. The number of nitrogens with one attached hydrogen (secondary N) is 1. The summed E-state index contributed by atoms with van der Waals surface area (Å²) in [5.41, 5.74) is 3.11. The number of hydrogen-bond donors (Lipinski definition) is 1. The van der Waals surface area contributed by atoms with E-state index in [0.29, 0.717) is 11.1 Å². The van der Waals surface area contributed by atoms with Crippen LogP contribution in [0.3, 0.4) is 0 Å². The van der Waals surface area contributed by atoms with Gasteiger partial charge in [0.05, 0.1) is 5.75 Å². The van der Waals surface area contributed by atoms with E-state index in [1.165, 1.54) is 31.0 Å². The number of aryl methyl sites for hydroxylation is 1. The monoisotopic (exact) mass is 345 g/mol. The van der Waals surface area contributed by atoms with Gasteiger partial charge in [0.15, 0.2) is 0 Å². The number of rotatable bonds is 5. The molecule has 1 aromatic carbocycles. The zero-order chi connectivity index (χ0) is 16.9. The number of hydrogen-bond acceptors (Lipinski definition) is 5. The maximum absolute atomic E-state index is 12.1. The molecule has 0 spiro atoms. The van der Waals surface area contributed by atoms with E-state index in [9.17, 15) is 4.79 Å². The zero-order valence-electron chi connectivity index (χ0n) is 14.2. The van der Waals surface area contributed by atoms with Crippen molar-refractivity contribution in [3.05, 3.63) is 35.2 Å². The third kappa shape index (κ3) is 4.17. The van der Waals surface area contributed by atoms with Crippen LogP contribution < -0.4 is 5.32 Å². The van der Waals surface area contributed by atoms with E-state index in [4.69, 9.17) is 4.42 Å². The average molecular weight is 345 g/mol. The molecule has 0 atom stereocenters. The Morgan fingerprint density at radius 3 is 2.83 bits per heavy atom. The molecule has 1 amide bonds. The van der Waals surface area contributed by atoms with Crippen molar-refractivity contribution in [1.29, 1.82) is 0 Å². The van der Waals surface area contributed by atoms with Crippen molar-refractivity contribution in [2.45, 2.75) is 57.1 Å². The van der Waals surface area contributed by atoms with Crippen molar-refractivity contribution >= 4 is 23.4 Å². The molecule has 1 aromatic heterocycles. The summed E-state index contributed by atoms with van der Waals surface area (Å²) in [7, 11) is 0. The van der Waals surface area contributed by atoms with E-state index < -0.39 is 0 Å². The van der Waals surface area contributed by atoms with Crippen LogP contribution in [0.2, 0.25) is 0 Å². The van der Waals surface area contributed by atoms with Gasteiger partial charge in [0, 0.05) is 11.6 Å². The summed E-state index contributed by atoms with van der Waals surface area (Å²) in [5.74, 6) is 1.32. The van der Waals surface area contributed by atoms with Gasteiger partial charge in [-0.05, 0) is 43.9 Å². The Hall–Kier alpha value is -1.82. The number of anilines is 1. The molecule has 1 fully saturated rings. The van der Waals surface area contributed by atoms with Crippen LogP contribution in [0.1, 0.15) is 55.0 Å². The Labute approximate surface area is 146 Å². The van der Waals surface area contributed by atoms with Gasteiger partial charge in [-0.25, -0.2) is 0 Å². The smallest absolute Gasteiger partial charge is 0.277 e. The Morgan fingerprint density at radius 2 is 2.04 bits per heavy atom. The summed E-state index contributed by atoms with van der Waals surface area (Å²) < 4.78 is 5.73.